The van der Waals surface area contributed by atoms with Gasteiger partial charge in [0, 0.05) is 29.8 Å². The van der Waals surface area contributed by atoms with Gasteiger partial charge < -0.3 is 9.64 Å². The topological polar surface area (TPSA) is 43.2 Å². The lowest BCUT2D eigenvalue weighted by Crippen LogP contribution is -2.15. The second kappa shape index (κ2) is 8.23. The molecule has 0 fully saturated rings. The first-order chi connectivity index (χ1) is 13.7. The van der Waals surface area contributed by atoms with E-state index in [0.29, 0.717) is 6.61 Å². The fourth-order valence-corrected chi connectivity index (χ4v) is 3.22. The molecule has 0 atom stereocenters. The standard InChI is InChI=1S/C23H24N4O/c1-26(2)15-8-16-28-20-12-6-11-19(17-20)27-23-21(13-7-14-24-23)22(25-27)18-9-4-3-5-10-18/h3-7,9-14,17H,8,15-16H2,1-2H3. The number of rotatable bonds is 7. The Morgan fingerprint density at radius 2 is 1.82 bits per heavy atom. The molecule has 0 spiro atoms. The Morgan fingerprint density at radius 3 is 2.64 bits per heavy atom. The summed E-state index contributed by atoms with van der Waals surface area (Å²) >= 11 is 0. The summed E-state index contributed by atoms with van der Waals surface area (Å²) in [5.74, 6) is 0.845. The van der Waals surface area contributed by atoms with Crippen LogP contribution in [0.1, 0.15) is 6.42 Å². The van der Waals surface area contributed by atoms with Crippen molar-refractivity contribution in [3.8, 4) is 22.7 Å². The summed E-state index contributed by atoms with van der Waals surface area (Å²) in [5.41, 5.74) is 3.79. The molecule has 2 aromatic heterocycles. The van der Waals surface area contributed by atoms with Gasteiger partial charge in [-0.25, -0.2) is 9.67 Å². The van der Waals surface area contributed by atoms with Gasteiger partial charge in [-0.15, -0.1) is 0 Å². The largest absolute Gasteiger partial charge is 0.493 e. The molecule has 0 bridgehead atoms. The SMILES string of the molecule is CN(C)CCCOc1cccc(-n2nc(-c3ccccc3)c3cccnc32)c1. The molecule has 5 heteroatoms. The van der Waals surface area contributed by atoms with Crippen LogP contribution in [0.25, 0.3) is 28.0 Å². The lowest BCUT2D eigenvalue weighted by atomic mass is 10.1. The number of fused-ring (bicyclic) bond motifs is 1. The molecule has 0 N–H and O–H groups in total. The number of hydrogen-bond donors (Lipinski definition) is 0. The fourth-order valence-electron chi connectivity index (χ4n) is 3.22. The van der Waals surface area contributed by atoms with Gasteiger partial charge >= 0.3 is 0 Å². The van der Waals surface area contributed by atoms with E-state index in [-0.39, 0.29) is 0 Å². The predicted octanol–water partition coefficient (Wildman–Crippen LogP) is 4.42. The average molecular weight is 372 g/mol. The predicted molar refractivity (Wildman–Crippen MR) is 113 cm³/mol. The van der Waals surface area contributed by atoms with Crippen LogP contribution in [0.15, 0.2) is 72.9 Å². The van der Waals surface area contributed by atoms with Gasteiger partial charge in [0.25, 0.3) is 0 Å². The van der Waals surface area contributed by atoms with Gasteiger partial charge in [-0.3, -0.25) is 0 Å². The van der Waals surface area contributed by atoms with Crippen LogP contribution in [0, 0.1) is 0 Å². The lowest BCUT2D eigenvalue weighted by Gasteiger charge is -2.11. The Hall–Kier alpha value is -3.18. The number of benzene rings is 2. The number of ether oxygens (including phenoxy) is 1. The third-order valence-electron chi connectivity index (χ3n) is 4.57. The minimum absolute atomic E-state index is 0.689. The van der Waals surface area contributed by atoms with Gasteiger partial charge in [0.15, 0.2) is 5.65 Å². The van der Waals surface area contributed by atoms with Crippen LogP contribution in [0.2, 0.25) is 0 Å². The zero-order valence-corrected chi connectivity index (χ0v) is 16.2. The summed E-state index contributed by atoms with van der Waals surface area (Å²) in [7, 11) is 4.14. The number of pyridine rings is 1. The zero-order valence-electron chi connectivity index (χ0n) is 16.2. The van der Waals surface area contributed by atoms with Crippen LogP contribution in [-0.4, -0.2) is 46.9 Å². The lowest BCUT2D eigenvalue weighted by molar-refractivity contribution is 0.281. The highest BCUT2D eigenvalue weighted by Gasteiger charge is 2.14. The van der Waals surface area contributed by atoms with Crippen molar-refractivity contribution in [1.29, 1.82) is 0 Å². The van der Waals surface area contributed by atoms with E-state index in [2.05, 4.69) is 42.2 Å². The molecular weight excluding hydrogens is 348 g/mol. The molecule has 0 aliphatic carbocycles. The summed E-state index contributed by atoms with van der Waals surface area (Å²) in [6.45, 7) is 1.70. The highest BCUT2D eigenvalue weighted by molar-refractivity contribution is 5.91. The fraction of sp³-hybridized carbons (Fsp3) is 0.217. The normalized spacial score (nSPS) is 11.2. The van der Waals surface area contributed by atoms with Gasteiger partial charge in [-0.2, -0.15) is 5.10 Å². The van der Waals surface area contributed by atoms with Gasteiger partial charge in [0.2, 0.25) is 0 Å². The van der Waals surface area contributed by atoms with Crippen LogP contribution in [0.5, 0.6) is 5.75 Å². The molecule has 0 aliphatic heterocycles. The Kier molecular flexibility index (Phi) is 5.35. The number of aromatic nitrogens is 3. The molecule has 2 heterocycles. The average Bonchev–Trinajstić information content (AvgIpc) is 3.12. The van der Waals surface area contributed by atoms with Crippen molar-refractivity contribution < 1.29 is 4.74 Å². The maximum absolute atomic E-state index is 5.93. The molecule has 2 aromatic carbocycles. The van der Waals surface area contributed by atoms with Crippen LogP contribution in [-0.2, 0) is 0 Å². The van der Waals surface area contributed by atoms with Crippen molar-refractivity contribution in [1.82, 2.24) is 19.7 Å². The quantitative estimate of drug-likeness (QED) is 0.451. The van der Waals surface area contributed by atoms with E-state index in [1.165, 1.54) is 0 Å². The molecule has 0 unspecified atom stereocenters. The van der Waals surface area contributed by atoms with E-state index in [9.17, 15) is 0 Å². The smallest absolute Gasteiger partial charge is 0.163 e. The second-order valence-electron chi connectivity index (χ2n) is 7.00. The van der Waals surface area contributed by atoms with E-state index < -0.39 is 0 Å². The molecule has 4 aromatic rings. The highest BCUT2D eigenvalue weighted by atomic mass is 16.5. The third-order valence-corrected chi connectivity index (χ3v) is 4.57. The van der Waals surface area contributed by atoms with E-state index in [4.69, 9.17) is 9.84 Å². The van der Waals surface area contributed by atoms with Crippen molar-refractivity contribution in [2.24, 2.45) is 0 Å². The number of hydrogen-bond acceptors (Lipinski definition) is 4. The maximum atomic E-state index is 5.93. The van der Waals surface area contributed by atoms with Crippen molar-refractivity contribution in [3.05, 3.63) is 72.9 Å². The molecule has 0 saturated heterocycles. The molecule has 142 valence electrons. The van der Waals surface area contributed by atoms with Crippen molar-refractivity contribution in [2.45, 2.75) is 6.42 Å². The molecule has 0 radical (unpaired) electrons. The van der Waals surface area contributed by atoms with Crippen LogP contribution in [0.4, 0.5) is 0 Å². The minimum atomic E-state index is 0.689. The Morgan fingerprint density at radius 1 is 0.964 bits per heavy atom. The first kappa shape index (κ1) is 18.2. The molecule has 28 heavy (non-hydrogen) atoms. The van der Waals surface area contributed by atoms with E-state index in [1.807, 2.05) is 53.2 Å². The minimum Gasteiger partial charge on any atom is -0.493 e. The molecule has 0 saturated carbocycles. The van der Waals surface area contributed by atoms with Gasteiger partial charge in [0.1, 0.15) is 11.4 Å². The molecule has 4 rings (SSSR count). The monoisotopic (exact) mass is 372 g/mol. The second-order valence-corrected chi connectivity index (χ2v) is 7.00. The summed E-state index contributed by atoms with van der Waals surface area (Å²) in [6, 6.07) is 22.3. The Balaban J connectivity index is 1.67. The molecular formula is C23H24N4O. The highest BCUT2D eigenvalue weighted by Crippen LogP contribution is 2.29. The summed E-state index contributed by atoms with van der Waals surface area (Å²) < 4.78 is 7.83. The van der Waals surface area contributed by atoms with Crippen molar-refractivity contribution >= 4 is 11.0 Å². The maximum Gasteiger partial charge on any atom is 0.163 e. The van der Waals surface area contributed by atoms with E-state index in [0.717, 1.165) is 46.7 Å². The summed E-state index contributed by atoms with van der Waals surface area (Å²) in [4.78, 5) is 6.74. The molecule has 0 aliphatic rings. The van der Waals surface area contributed by atoms with E-state index >= 15 is 0 Å². The molecule has 0 amide bonds. The Labute approximate surface area is 165 Å². The van der Waals surface area contributed by atoms with Gasteiger partial charge in [-0.1, -0.05) is 36.4 Å². The third kappa shape index (κ3) is 3.89. The number of nitrogens with zero attached hydrogens (tertiary/aromatic N) is 4. The molecule has 5 nitrogen and oxygen atoms in total. The first-order valence-corrected chi connectivity index (χ1v) is 9.49. The first-order valence-electron chi connectivity index (χ1n) is 9.49. The van der Waals surface area contributed by atoms with Crippen molar-refractivity contribution in [3.63, 3.8) is 0 Å². The van der Waals surface area contributed by atoms with E-state index in [1.54, 1.807) is 6.20 Å². The Bertz CT molecular complexity index is 1060. The zero-order chi connectivity index (χ0) is 19.3. The van der Waals surface area contributed by atoms with Crippen LogP contribution >= 0.6 is 0 Å². The van der Waals surface area contributed by atoms with Crippen LogP contribution < -0.4 is 4.74 Å². The van der Waals surface area contributed by atoms with Gasteiger partial charge in [0.05, 0.1) is 12.3 Å². The van der Waals surface area contributed by atoms with Crippen molar-refractivity contribution in [2.75, 3.05) is 27.2 Å². The summed E-state index contributed by atoms with van der Waals surface area (Å²) in [5, 5.41) is 5.92. The van der Waals surface area contributed by atoms with Gasteiger partial charge in [-0.05, 0) is 44.8 Å². The summed E-state index contributed by atoms with van der Waals surface area (Å²) in [6.07, 6.45) is 2.79. The van der Waals surface area contributed by atoms with Crippen LogP contribution in [0.3, 0.4) is 0 Å².